The molecule has 0 fully saturated rings. The third-order valence-corrected chi connectivity index (χ3v) is 3.98. The van der Waals surface area contributed by atoms with E-state index in [9.17, 15) is 9.18 Å². The molecule has 0 saturated carbocycles. The van der Waals surface area contributed by atoms with Crippen molar-refractivity contribution in [3.05, 3.63) is 59.4 Å². The number of aryl methyl sites for hydroxylation is 2. The van der Waals surface area contributed by atoms with Crippen LogP contribution >= 0.6 is 0 Å². The van der Waals surface area contributed by atoms with Gasteiger partial charge in [0.25, 0.3) is 0 Å². The molecule has 126 valence electrons. The van der Waals surface area contributed by atoms with Crippen LogP contribution in [0.2, 0.25) is 0 Å². The minimum Gasteiger partial charge on any atom is -0.454 e. The zero-order chi connectivity index (χ0) is 16.8. The molecule has 1 heterocycles. The first kappa shape index (κ1) is 16.3. The lowest BCUT2D eigenvalue weighted by Crippen LogP contribution is -2.25. The van der Waals surface area contributed by atoms with E-state index in [1.165, 1.54) is 6.07 Å². The third kappa shape index (κ3) is 4.25. The second-order valence-electron chi connectivity index (χ2n) is 5.73. The molecule has 0 aliphatic carbocycles. The first-order valence-electron chi connectivity index (χ1n) is 8.11. The van der Waals surface area contributed by atoms with E-state index in [1.807, 2.05) is 24.3 Å². The van der Waals surface area contributed by atoms with Crippen LogP contribution in [-0.2, 0) is 17.6 Å². The Morgan fingerprint density at radius 3 is 2.79 bits per heavy atom. The van der Waals surface area contributed by atoms with Gasteiger partial charge < -0.3 is 14.8 Å². The number of hydrogen-bond donors (Lipinski definition) is 1. The van der Waals surface area contributed by atoms with E-state index in [0.29, 0.717) is 31.4 Å². The minimum atomic E-state index is -0.188. The van der Waals surface area contributed by atoms with Crippen molar-refractivity contribution >= 4 is 5.91 Å². The third-order valence-electron chi connectivity index (χ3n) is 3.98. The van der Waals surface area contributed by atoms with E-state index < -0.39 is 0 Å². The van der Waals surface area contributed by atoms with Gasteiger partial charge in [-0.2, -0.15) is 0 Å². The largest absolute Gasteiger partial charge is 0.454 e. The molecule has 0 atom stereocenters. The number of nitrogens with one attached hydrogen (secondary N) is 1. The SMILES string of the molecule is O=C(CCc1ccc2c(c1)OCO2)NCCCc1ccccc1F. The Hall–Kier alpha value is -2.56. The van der Waals surface area contributed by atoms with E-state index >= 15 is 0 Å². The summed E-state index contributed by atoms with van der Waals surface area (Å²) in [6.07, 6.45) is 2.40. The first-order chi connectivity index (χ1) is 11.7. The number of amides is 1. The lowest BCUT2D eigenvalue weighted by molar-refractivity contribution is -0.121. The Labute approximate surface area is 140 Å². The van der Waals surface area contributed by atoms with Crippen LogP contribution in [0.15, 0.2) is 42.5 Å². The van der Waals surface area contributed by atoms with Gasteiger partial charge in [-0.1, -0.05) is 24.3 Å². The maximum atomic E-state index is 13.5. The van der Waals surface area contributed by atoms with Gasteiger partial charge >= 0.3 is 0 Å². The predicted octanol–water partition coefficient (Wildman–Crippen LogP) is 3.24. The van der Waals surface area contributed by atoms with E-state index in [0.717, 1.165) is 23.5 Å². The Bertz CT molecular complexity index is 718. The molecule has 0 radical (unpaired) electrons. The van der Waals surface area contributed by atoms with Crippen molar-refractivity contribution < 1.29 is 18.7 Å². The van der Waals surface area contributed by atoms with Crippen molar-refractivity contribution in [2.45, 2.75) is 25.7 Å². The quantitative estimate of drug-likeness (QED) is 0.793. The van der Waals surface area contributed by atoms with Crippen LogP contribution in [0.25, 0.3) is 0 Å². The Morgan fingerprint density at radius 1 is 1.08 bits per heavy atom. The van der Waals surface area contributed by atoms with Gasteiger partial charge in [0.05, 0.1) is 0 Å². The van der Waals surface area contributed by atoms with Crippen molar-refractivity contribution in [2.75, 3.05) is 13.3 Å². The Balaban J connectivity index is 1.36. The number of rotatable bonds is 7. The molecule has 2 aromatic rings. The second-order valence-corrected chi connectivity index (χ2v) is 5.73. The molecule has 5 heteroatoms. The van der Waals surface area contributed by atoms with Gasteiger partial charge in [0.15, 0.2) is 11.5 Å². The molecule has 4 nitrogen and oxygen atoms in total. The number of hydrogen-bond acceptors (Lipinski definition) is 3. The van der Waals surface area contributed by atoms with Gasteiger partial charge in [0.2, 0.25) is 12.7 Å². The molecule has 0 aromatic heterocycles. The van der Waals surface area contributed by atoms with Crippen molar-refractivity contribution in [1.82, 2.24) is 5.32 Å². The van der Waals surface area contributed by atoms with Crippen molar-refractivity contribution in [2.24, 2.45) is 0 Å². The molecular weight excluding hydrogens is 309 g/mol. The fraction of sp³-hybridized carbons (Fsp3) is 0.316. The van der Waals surface area contributed by atoms with Gasteiger partial charge in [-0.25, -0.2) is 4.39 Å². The van der Waals surface area contributed by atoms with Crippen molar-refractivity contribution in [3.8, 4) is 11.5 Å². The average Bonchev–Trinajstić information content (AvgIpc) is 3.06. The molecular formula is C19H20FNO3. The first-order valence-corrected chi connectivity index (χ1v) is 8.11. The molecule has 1 aliphatic heterocycles. The molecule has 0 saturated heterocycles. The smallest absolute Gasteiger partial charge is 0.231 e. The van der Waals surface area contributed by atoms with Crippen LogP contribution in [0.5, 0.6) is 11.5 Å². The number of fused-ring (bicyclic) bond motifs is 1. The fourth-order valence-electron chi connectivity index (χ4n) is 2.65. The van der Waals surface area contributed by atoms with E-state index in [2.05, 4.69) is 5.32 Å². The van der Waals surface area contributed by atoms with Gasteiger partial charge in [0.1, 0.15) is 5.82 Å². The Kier molecular flexibility index (Phi) is 5.31. The normalized spacial score (nSPS) is 12.2. The highest BCUT2D eigenvalue weighted by molar-refractivity contribution is 5.76. The summed E-state index contributed by atoms with van der Waals surface area (Å²) in [6, 6.07) is 12.5. The van der Waals surface area contributed by atoms with E-state index in [-0.39, 0.29) is 18.5 Å². The summed E-state index contributed by atoms with van der Waals surface area (Å²) < 4.78 is 24.1. The fourth-order valence-corrected chi connectivity index (χ4v) is 2.65. The lowest BCUT2D eigenvalue weighted by atomic mass is 10.1. The van der Waals surface area contributed by atoms with Crippen LogP contribution in [0, 0.1) is 5.82 Å². The molecule has 0 spiro atoms. The summed E-state index contributed by atoms with van der Waals surface area (Å²) in [6.45, 7) is 0.801. The molecule has 3 rings (SSSR count). The zero-order valence-corrected chi connectivity index (χ0v) is 13.4. The number of ether oxygens (including phenoxy) is 2. The second kappa shape index (κ2) is 7.81. The maximum Gasteiger partial charge on any atom is 0.231 e. The number of carbonyl (C=O) groups excluding carboxylic acids is 1. The predicted molar refractivity (Wildman–Crippen MR) is 88.6 cm³/mol. The minimum absolute atomic E-state index is 0.00111. The summed E-state index contributed by atoms with van der Waals surface area (Å²) in [7, 11) is 0. The standard InChI is InChI=1S/C19H20FNO3/c20-16-6-2-1-4-15(16)5-3-11-21-19(22)10-8-14-7-9-17-18(12-14)24-13-23-17/h1-2,4,6-7,9,12H,3,5,8,10-11,13H2,(H,21,22). The van der Waals surface area contributed by atoms with E-state index in [1.54, 1.807) is 12.1 Å². The highest BCUT2D eigenvalue weighted by atomic mass is 19.1. The summed E-state index contributed by atoms with van der Waals surface area (Å²) in [5.74, 6) is 1.29. The van der Waals surface area contributed by atoms with Crippen LogP contribution in [0.3, 0.4) is 0 Å². The summed E-state index contributed by atoms with van der Waals surface area (Å²) in [5, 5.41) is 2.88. The zero-order valence-electron chi connectivity index (χ0n) is 13.4. The highest BCUT2D eigenvalue weighted by Gasteiger charge is 2.13. The van der Waals surface area contributed by atoms with Gasteiger partial charge in [-0.15, -0.1) is 0 Å². The lowest BCUT2D eigenvalue weighted by Gasteiger charge is -2.07. The maximum absolute atomic E-state index is 13.5. The van der Waals surface area contributed by atoms with E-state index in [4.69, 9.17) is 9.47 Å². The molecule has 1 N–H and O–H groups in total. The number of halogens is 1. The molecule has 1 aliphatic rings. The van der Waals surface area contributed by atoms with Gasteiger partial charge in [-0.05, 0) is 48.6 Å². The Morgan fingerprint density at radius 2 is 1.92 bits per heavy atom. The molecule has 24 heavy (non-hydrogen) atoms. The van der Waals surface area contributed by atoms with Crippen LogP contribution in [-0.4, -0.2) is 19.2 Å². The average molecular weight is 329 g/mol. The summed E-state index contributed by atoms with van der Waals surface area (Å²) in [4.78, 5) is 11.9. The van der Waals surface area contributed by atoms with Crippen LogP contribution < -0.4 is 14.8 Å². The molecule has 1 amide bonds. The van der Waals surface area contributed by atoms with Crippen LogP contribution in [0.4, 0.5) is 4.39 Å². The molecule has 0 unspecified atom stereocenters. The molecule has 2 aromatic carbocycles. The number of carbonyl (C=O) groups is 1. The highest BCUT2D eigenvalue weighted by Crippen LogP contribution is 2.32. The van der Waals surface area contributed by atoms with Crippen LogP contribution in [0.1, 0.15) is 24.0 Å². The van der Waals surface area contributed by atoms with Crippen molar-refractivity contribution in [3.63, 3.8) is 0 Å². The molecule has 0 bridgehead atoms. The number of benzene rings is 2. The van der Waals surface area contributed by atoms with Gasteiger partial charge in [-0.3, -0.25) is 4.79 Å². The van der Waals surface area contributed by atoms with Crippen molar-refractivity contribution in [1.29, 1.82) is 0 Å². The monoisotopic (exact) mass is 329 g/mol. The summed E-state index contributed by atoms with van der Waals surface area (Å²) >= 11 is 0. The topological polar surface area (TPSA) is 47.6 Å². The van der Waals surface area contributed by atoms with Gasteiger partial charge in [0, 0.05) is 13.0 Å². The summed E-state index contributed by atoms with van der Waals surface area (Å²) in [5.41, 5.74) is 1.73.